The molecule has 0 heterocycles. The van der Waals surface area contributed by atoms with Crippen molar-refractivity contribution in [2.45, 2.75) is 27.2 Å². The Morgan fingerprint density at radius 3 is 2.36 bits per heavy atom. The van der Waals surface area contributed by atoms with Crippen LogP contribution in [0, 0.1) is 6.92 Å². The summed E-state index contributed by atoms with van der Waals surface area (Å²) in [6, 6.07) is 9.18. The zero-order chi connectivity index (χ0) is 18.4. The van der Waals surface area contributed by atoms with Crippen molar-refractivity contribution >= 4 is 39.1 Å². The van der Waals surface area contributed by atoms with Gasteiger partial charge in [0.1, 0.15) is 0 Å². The van der Waals surface area contributed by atoms with Crippen LogP contribution in [0.25, 0.3) is 0 Å². The van der Waals surface area contributed by atoms with E-state index >= 15 is 0 Å². The number of hydrogen-bond acceptors (Lipinski definition) is 3. The maximum atomic E-state index is 12.4. The Kier molecular flexibility index (Phi) is 7.14. The molecular formula is C19H21BrClNO3. The second-order valence-corrected chi connectivity index (χ2v) is 6.73. The molecule has 0 spiro atoms. The van der Waals surface area contributed by atoms with Crippen molar-refractivity contribution in [1.29, 1.82) is 0 Å². The van der Waals surface area contributed by atoms with E-state index in [0.29, 0.717) is 35.4 Å². The van der Waals surface area contributed by atoms with Gasteiger partial charge in [0.05, 0.1) is 30.3 Å². The number of carbonyl (C=O) groups excluding carboxylic acids is 1. The molecule has 0 unspecified atom stereocenters. The minimum Gasteiger partial charge on any atom is -0.490 e. The molecule has 25 heavy (non-hydrogen) atoms. The maximum Gasteiger partial charge on any atom is 0.228 e. The zero-order valence-corrected chi connectivity index (χ0v) is 16.8. The molecule has 0 radical (unpaired) electrons. The van der Waals surface area contributed by atoms with E-state index in [1.54, 1.807) is 6.07 Å². The maximum absolute atomic E-state index is 12.4. The molecule has 0 saturated carbocycles. The monoisotopic (exact) mass is 425 g/mol. The van der Waals surface area contributed by atoms with E-state index in [2.05, 4.69) is 21.2 Å². The van der Waals surface area contributed by atoms with Crippen molar-refractivity contribution < 1.29 is 14.3 Å². The van der Waals surface area contributed by atoms with E-state index in [9.17, 15) is 4.79 Å². The lowest BCUT2D eigenvalue weighted by molar-refractivity contribution is -0.115. The first kappa shape index (κ1) is 19.6. The van der Waals surface area contributed by atoms with Crippen LogP contribution < -0.4 is 14.8 Å². The number of benzene rings is 2. The SMILES string of the molecule is CCOc1cc(Br)c(CC(=O)Nc2ccc(C)cc2Cl)cc1OCC. The van der Waals surface area contributed by atoms with Gasteiger partial charge in [0.15, 0.2) is 11.5 Å². The Hall–Kier alpha value is -1.72. The fourth-order valence-corrected chi connectivity index (χ4v) is 3.08. The molecule has 1 amide bonds. The lowest BCUT2D eigenvalue weighted by Crippen LogP contribution is -2.15. The molecule has 0 saturated heterocycles. The van der Waals surface area contributed by atoms with E-state index in [1.165, 1.54) is 0 Å². The number of ether oxygens (including phenoxy) is 2. The predicted molar refractivity (Wildman–Crippen MR) is 105 cm³/mol. The van der Waals surface area contributed by atoms with Crippen LogP contribution in [0.3, 0.4) is 0 Å². The fraction of sp³-hybridized carbons (Fsp3) is 0.316. The number of anilines is 1. The lowest BCUT2D eigenvalue weighted by atomic mass is 10.1. The summed E-state index contributed by atoms with van der Waals surface area (Å²) < 4.78 is 12.0. The van der Waals surface area contributed by atoms with Crippen LogP contribution in [-0.2, 0) is 11.2 Å². The van der Waals surface area contributed by atoms with E-state index in [-0.39, 0.29) is 12.3 Å². The van der Waals surface area contributed by atoms with Gasteiger partial charge in [-0.1, -0.05) is 33.6 Å². The van der Waals surface area contributed by atoms with Crippen LogP contribution >= 0.6 is 27.5 Å². The summed E-state index contributed by atoms with van der Waals surface area (Å²) in [6.45, 7) is 6.83. The van der Waals surface area contributed by atoms with Crippen molar-refractivity contribution in [1.82, 2.24) is 0 Å². The van der Waals surface area contributed by atoms with Gasteiger partial charge in [-0.05, 0) is 56.2 Å². The highest BCUT2D eigenvalue weighted by Gasteiger charge is 2.14. The van der Waals surface area contributed by atoms with E-state index in [0.717, 1.165) is 15.6 Å². The highest BCUT2D eigenvalue weighted by molar-refractivity contribution is 9.10. The first-order chi connectivity index (χ1) is 11.9. The van der Waals surface area contributed by atoms with Crippen LogP contribution in [0.5, 0.6) is 11.5 Å². The van der Waals surface area contributed by atoms with Crippen molar-refractivity contribution in [2.75, 3.05) is 18.5 Å². The Morgan fingerprint density at radius 2 is 1.76 bits per heavy atom. The largest absolute Gasteiger partial charge is 0.490 e. The highest BCUT2D eigenvalue weighted by atomic mass is 79.9. The number of halogens is 2. The quantitative estimate of drug-likeness (QED) is 0.646. The minimum absolute atomic E-state index is 0.155. The second-order valence-electron chi connectivity index (χ2n) is 5.46. The van der Waals surface area contributed by atoms with Crippen molar-refractivity contribution in [3.05, 3.63) is 51.0 Å². The highest BCUT2D eigenvalue weighted by Crippen LogP contribution is 2.34. The average Bonchev–Trinajstić information content (AvgIpc) is 2.55. The normalized spacial score (nSPS) is 10.4. The van der Waals surface area contributed by atoms with Gasteiger partial charge in [0.25, 0.3) is 0 Å². The molecule has 1 N–H and O–H groups in total. The topological polar surface area (TPSA) is 47.6 Å². The Balaban J connectivity index is 2.17. The Labute approximate surface area is 161 Å². The van der Waals surface area contributed by atoms with Gasteiger partial charge in [-0.2, -0.15) is 0 Å². The smallest absolute Gasteiger partial charge is 0.228 e. The molecule has 0 aliphatic carbocycles. The molecule has 0 fully saturated rings. The minimum atomic E-state index is -0.155. The van der Waals surface area contributed by atoms with Gasteiger partial charge in [-0.15, -0.1) is 0 Å². The van der Waals surface area contributed by atoms with Crippen LogP contribution in [0.4, 0.5) is 5.69 Å². The molecule has 4 nitrogen and oxygen atoms in total. The van der Waals surface area contributed by atoms with Crippen LogP contribution in [-0.4, -0.2) is 19.1 Å². The van der Waals surface area contributed by atoms with Crippen molar-refractivity contribution in [3.8, 4) is 11.5 Å². The third-order valence-electron chi connectivity index (χ3n) is 3.46. The standard InChI is InChI=1S/C19H21BrClNO3/c1-4-24-17-9-13(14(20)11-18(17)25-5-2)10-19(23)22-16-7-6-12(3)8-15(16)21/h6-9,11H,4-5,10H2,1-3H3,(H,22,23). The summed E-state index contributed by atoms with van der Waals surface area (Å²) in [7, 11) is 0. The lowest BCUT2D eigenvalue weighted by Gasteiger charge is -2.14. The van der Waals surface area contributed by atoms with Gasteiger partial charge < -0.3 is 14.8 Å². The van der Waals surface area contributed by atoms with E-state index in [4.69, 9.17) is 21.1 Å². The van der Waals surface area contributed by atoms with Crippen LogP contribution in [0.1, 0.15) is 25.0 Å². The summed E-state index contributed by atoms with van der Waals surface area (Å²) in [6.07, 6.45) is 0.192. The number of carbonyl (C=O) groups is 1. The molecule has 134 valence electrons. The summed E-state index contributed by atoms with van der Waals surface area (Å²) in [5.74, 6) is 1.13. The third-order valence-corrected chi connectivity index (χ3v) is 4.51. The number of hydrogen-bond donors (Lipinski definition) is 1. The molecule has 0 aliphatic rings. The summed E-state index contributed by atoms with van der Waals surface area (Å²) >= 11 is 9.67. The molecule has 0 aromatic heterocycles. The molecule has 2 rings (SSSR count). The Bertz CT molecular complexity index is 765. The van der Waals surface area contributed by atoms with Crippen molar-refractivity contribution in [2.24, 2.45) is 0 Å². The number of amides is 1. The Morgan fingerprint density at radius 1 is 1.12 bits per heavy atom. The molecule has 2 aromatic rings. The molecule has 6 heteroatoms. The molecule has 0 atom stereocenters. The van der Waals surface area contributed by atoms with Gasteiger partial charge in [0, 0.05) is 4.47 Å². The molecule has 0 aliphatic heterocycles. The first-order valence-electron chi connectivity index (χ1n) is 8.08. The summed E-state index contributed by atoms with van der Waals surface area (Å²) in [5.41, 5.74) is 2.45. The van der Waals surface area contributed by atoms with Gasteiger partial charge in [0.2, 0.25) is 5.91 Å². The van der Waals surface area contributed by atoms with Crippen LogP contribution in [0.2, 0.25) is 5.02 Å². The third kappa shape index (κ3) is 5.38. The molecule has 2 aromatic carbocycles. The predicted octanol–water partition coefficient (Wildman–Crippen LogP) is 5.39. The fourth-order valence-electron chi connectivity index (χ4n) is 2.34. The average molecular weight is 427 g/mol. The van der Waals surface area contributed by atoms with Gasteiger partial charge in [-0.25, -0.2) is 0 Å². The number of aryl methyl sites for hydroxylation is 1. The van der Waals surface area contributed by atoms with Gasteiger partial charge in [-0.3, -0.25) is 4.79 Å². The molecule has 0 bridgehead atoms. The van der Waals surface area contributed by atoms with Crippen LogP contribution in [0.15, 0.2) is 34.8 Å². The molecular weight excluding hydrogens is 406 g/mol. The van der Waals surface area contributed by atoms with Crippen molar-refractivity contribution in [3.63, 3.8) is 0 Å². The number of rotatable bonds is 7. The van der Waals surface area contributed by atoms with E-state index < -0.39 is 0 Å². The zero-order valence-electron chi connectivity index (χ0n) is 14.5. The second kappa shape index (κ2) is 9.11. The first-order valence-corrected chi connectivity index (χ1v) is 9.25. The van der Waals surface area contributed by atoms with E-state index in [1.807, 2.05) is 45.0 Å². The van der Waals surface area contributed by atoms with Gasteiger partial charge >= 0.3 is 0 Å². The summed E-state index contributed by atoms with van der Waals surface area (Å²) in [4.78, 5) is 12.4. The summed E-state index contributed by atoms with van der Waals surface area (Å²) in [5, 5.41) is 3.36. The number of nitrogens with one attached hydrogen (secondary N) is 1.